The van der Waals surface area contributed by atoms with Crippen LogP contribution in [0.5, 0.6) is 0 Å². The van der Waals surface area contributed by atoms with Crippen LogP contribution in [0.3, 0.4) is 0 Å². The SMILES string of the molecule is Cc1ccoc1-c1noc(C(N)Cc2cnc[nH]2)n1. The standard InChI is InChI=1S/C12H13N5O2/c1-7-2-3-18-10(7)11-16-12(19-17-11)9(13)4-8-5-14-6-15-8/h2-3,5-6,9H,4,13H2,1H3,(H,14,15). The molecular formula is C12H13N5O2. The Balaban J connectivity index is 1.79. The lowest BCUT2D eigenvalue weighted by Gasteiger charge is -2.03. The molecule has 3 rings (SSSR count). The molecule has 1 unspecified atom stereocenters. The predicted molar refractivity (Wildman–Crippen MR) is 66.0 cm³/mol. The van der Waals surface area contributed by atoms with Gasteiger partial charge < -0.3 is 19.7 Å². The van der Waals surface area contributed by atoms with Crippen molar-refractivity contribution in [2.45, 2.75) is 19.4 Å². The molecule has 3 N–H and O–H groups in total. The van der Waals surface area contributed by atoms with Crippen molar-refractivity contribution in [3.63, 3.8) is 0 Å². The number of rotatable bonds is 4. The first kappa shape index (κ1) is 11.7. The van der Waals surface area contributed by atoms with E-state index in [0.717, 1.165) is 11.3 Å². The van der Waals surface area contributed by atoms with Gasteiger partial charge in [0.25, 0.3) is 0 Å². The molecule has 0 aromatic carbocycles. The maximum Gasteiger partial charge on any atom is 0.244 e. The van der Waals surface area contributed by atoms with Crippen molar-refractivity contribution in [3.8, 4) is 11.6 Å². The molecule has 7 nitrogen and oxygen atoms in total. The highest BCUT2D eigenvalue weighted by Crippen LogP contribution is 2.23. The second-order valence-corrected chi connectivity index (χ2v) is 4.28. The Bertz CT molecular complexity index is 655. The lowest BCUT2D eigenvalue weighted by atomic mass is 10.2. The number of hydrogen-bond donors (Lipinski definition) is 2. The van der Waals surface area contributed by atoms with Crippen molar-refractivity contribution in [3.05, 3.63) is 42.0 Å². The maximum atomic E-state index is 6.02. The molecule has 0 radical (unpaired) electrons. The Kier molecular flexibility index (Phi) is 2.88. The van der Waals surface area contributed by atoms with Gasteiger partial charge in [0, 0.05) is 18.3 Å². The number of H-pyrrole nitrogens is 1. The van der Waals surface area contributed by atoms with E-state index in [-0.39, 0.29) is 6.04 Å². The normalized spacial score (nSPS) is 12.7. The fourth-order valence-corrected chi connectivity index (χ4v) is 1.80. The van der Waals surface area contributed by atoms with Crippen LogP contribution in [0, 0.1) is 6.92 Å². The lowest BCUT2D eigenvalue weighted by molar-refractivity contribution is 0.353. The lowest BCUT2D eigenvalue weighted by Crippen LogP contribution is -2.13. The molecule has 0 bridgehead atoms. The van der Waals surface area contributed by atoms with Crippen LogP contribution in [0.25, 0.3) is 11.6 Å². The van der Waals surface area contributed by atoms with Gasteiger partial charge >= 0.3 is 0 Å². The molecule has 0 amide bonds. The third-order valence-electron chi connectivity index (χ3n) is 2.82. The Morgan fingerprint density at radius 1 is 1.47 bits per heavy atom. The average Bonchev–Trinajstić information content (AvgIpc) is 3.08. The number of nitrogens with zero attached hydrogens (tertiary/aromatic N) is 3. The van der Waals surface area contributed by atoms with E-state index in [1.165, 1.54) is 0 Å². The zero-order valence-corrected chi connectivity index (χ0v) is 10.3. The highest BCUT2D eigenvalue weighted by atomic mass is 16.5. The molecule has 0 saturated heterocycles. The summed E-state index contributed by atoms with van der Waals surface area (Å²) in [6.07, 6.45) is 5.46. The van der Waals surface area contributed by atoms with Crippen molar-refractivity contribution >= 4 is 0 Å². The maximum absolute atomic E-state index is 6.02. The van der Waals surface area contributed by atoms with Gasteiger partial charge in [-0.3, -0.25) is 0 Å². The van der Waals surface area contributed by atoms with Gasteiger partial charge in [0.2, 0.25) is 11.7 Å². The first-order valence-corrected chi connectivity index (χ1v) is 5.85. The van der Waals surface area contributed by atoms with Crippen molar-refractivity contribution in [2.75, 3.05) is 0 Å². The Morgan fingerprint density at radius 3 is 3.05 bits per heavy atom. The number of nitrogens with one attached hydrogen (secondary N) is 1. The Morgan fingerprint density at radius 2 is 2.37 bits per heavy atom. The summed E-state index contributed by atoms with van der Waals surface area (Å²) < 4.78 is 10.5. The average molecular weight is 259 g/mol. The number of aromatic nitrogens is 4. The molecule has 0 aliphatic rings. The molecule has 3 aromatic heterocycles. The monoisotopic (exact) mass is 259 g/mol. The number of imidazole rings is 1. The summed E-state index contributed by atoms with van der Waals surface area (Å²) in [5.74, 6) is 1.39. The van der Waals surface area contributed by atoms with Gasteiger partial charge in [-0.2, -0.15) is 4.98 Å². The molecule has 0 aliphatic carbocycles. The fourth-order valence-electron chi connectivity index (χ4n) is 1.80. The highest BCUT2D eigenvalue weighted by molar-refractivity contribution is 5.51. The van der Waals surface area contributed by atoms with E-state index in [1.54, 1.807) is 18.8 Å². The summed E-state index contributed by atoms with van der Waals surface area (Å²) in [5.41, 5.74) is 7.89. The van der Waals surface area contributed by atoms with Gasteiger partial charge in [-0.15, -0.1) is 0 Å². The number of furan rings is 1. The van der Waals surface area contributed by atoms with E-state index in [2.05, 4.69) is 20.1 Å². The van der Waals surface area contributed by atoms with Crippen molar-refractivity contribution < 1.29 is 8.94 Å². The van der Waals surface area contributed by atoms with Crippen LogP contribution >= 0.6 is 0 Å². The van der Waals surface area contributed by atoms with Crippen LogP contribution in [-0.2, 0) is 6.42 Å². The van der Waals surface area contributed by atoms with E-state index in [0.29, 0.717) is 23.9 Å². The zero-order valence-electron chi connectivity index (χ0n) is 10.3. The van der Waals surface area contributed by atoms with E-state index >= 15 is 0 Å². The van der Waals surface area contributed by atoms with E-state index in [4.69, 9.17) is 14.7 Å². The van der Waals surface area contributed by atoms with Gasteiger partial charge in [0.15, 0.2) is 5.76 Å². The predicted octanol–water partition coefficient (Wildman–Crippen LogP) is 1.60. The molecule has 0 aliphatic heterocycles. The molecule has 98 valence electrons. The molecule has 0 fully saturated rings. The summed E-state index contributed by atoms with van der Waals surface area (Å²) in [4.78, 5) is 11.2. The smallest absolute Gasteiger partial charge is 0.244 e. The van der Waals surface area contributed by atoms with Gasteiger partial charge in [0.1, 0.15) is 0 Å². The molecule has 0 saturated carbocycles. The number of nitrogens with two attached hydrogens (primary N) is 1. The van der Waals surface area contributed by atoms with Crippen LogP contribution in [-0.4, -0.2) is 20.1 Å². The molecular weight excluding hydrogens is 246 g/mol. The minimum absolute atomic E-state index is 0.375. The molecule has 19 heavy (non-hydrogen) atoms. The highest BCUT2D eigenvalue weighted by Gasteiger charge is 2.19. The zero-order chi connectivity index (χ0) is 13.2. The molecule has 0 spiro atoms. The van der Waals surface area contributed by atoms with Crippen molar-refractivity contribution in [1.82, 2.24) is 20.1 Å². The summed E-state index contributed by atoms with van der Waals surface area (Å²) in [6, 6.07) is 1.47. The number of aromatic amines is 1. The Hall–Kier alpha value is -2.41. The van der Waals surface area contributed by atoms with Crippen LogP contribution < -0.4 is 5.73 Å². The second-order valence-electron chi connectivity index (χ2n) is 4.28. The van der Waals surface area contributed by atoms with Gasteiger partial charge in [-0.25, -0.2) is 4.98 Å². The van der Waals surface area contributed by atoms with Crippen LogP contribution in [0.15, 0.2) is 33.8 Å². The molecule has 3 heterocycles. The second kappa shape index (κ2) is 4.69. The van der Waals surface area contributed by atoms with Crippen LogP contribution in [0.1, 0.15) is 23.2 Å². The number of aryl methyl sites for hydroxylation is 1. The van der Waals surface area contributed by atoms with Gasteiger partial charge in [-0.05, 0) is 18.6 Å². The van der Waals surface area contributed by atoms with E-state index in [1.807, 2.05) is 13.0 Å². The molecule has 3 aromatic rings. The van der Waals surface area contributed by atoms with E-state index in [9.17, 15) is 0 Å². The largest absolute Gasteiger partial charge is 0.461 e. The quantitative estimate of drug-likeness (QED) is 0.737. The van der Waals surface area contributed by atoms with Crippen LogP contribution in [0.2, 0.25) is 0 Å². The third kappa shape index (κ3) is 2.27. The molecule has 1 atom stereocenters. The summed E-state index contributed by atoms with van der Waals surface area (Å²) in [5, 5.41) is 3.88. The Labute approximate surface area is 108 Å². The first-order chi connectivity index (χ1) is 9.24. The van der Waals surface area contributed by atoms with Gasteiger partial charge in [0.05, 0.1) is 18.6 Å². The minimum atomic E-state index is -0.378. The van der Waals surface area contributed by atoms with E-state index < -0.39 is 0 Å². The summed E-state index contributed by atoms with van der Waals surface area (Å²) in [6.45, 7) is 1.92. The summed E-state index contributed by atoms with van der Waals surface area (Å²) >= 11 is 0. The van der Waals surface area contributed by atoms with Crippen molar-refractivity contribution in [1.29, 1.82) is 0 Å². The minimum Gasteiger partial charge on any atom is -0.461 e. The molecule has 7 heteroatoms. The fraction of sp³-hybridized carbons (Fsp3) is 0.250. The topological polar surface area (TPSA) is 107 Å². The first-order valence-electron chi connectivity index (χ1n) is 5.85. The third-order valence-corrected chi connectivity index (χ3v) is 2.82. The van der Waals surface area contributed by atoms with Crippen molar-refractivity contribution in [2.24, 2.45) is 5.73 Å². The number of hydrogen-bond acceptors (Lipinski definition) is 6. The van der Waals surface area contributed by atoms with Crippen LogP contribution in [0.4, 0.5) is 0 Å². The summed E-state index contributed by atoms with van der Waals surface area (Å²) in [7, 11) is 0. The van der Waals surface area contributed by atoms with Gasteiger partial charge in [-0.1, -0.05) is 5.16 Å².